The van der Waals surface area contributed by atoms with Crippen LogP contribution in [0.15, 0.2) is 12.2 Å². The first-order chi connectivity index (χ1) is 13.1. The first kappa shape index (κ1) is 26.4. The lowest BCUT2D eigenvalue weighted by Crippen LogP contribution is -2.63. The Morgan fingerprint density at radius 2 is 1.00 bits per heavy atom. The second-order valence-corrected chi connectivity index (χ2v) is 6.88. The van der Waals surface area contributed by atoms with E-state index in [0.717, 1.165) is 0 Å². The van der Waals surface area contributed by atoms with Gasteiger partial charge in [-0.15, -0.1) is 0 Å². The third-order valence-electron chi connectivity index (χ3n) is 5.41. The van der Waals surface area contributed by atoms with Crippen molar-refractivity contribution in [3.8, 4) is 0 Å². The Hall–Kier alpha value is -1.67. The van der Waals surface area contributed by atoms with Crippen LogP contribution in [0.2, 0.25) is 0 Å². The molecule has 0 saturated heterocycles. The molecule has 1 fully saturated rings. The second-order valence-electron chi connectivity index (χ2n) is 6.88. The number of hydrogen-bond acceptors (Lipinski definition) is 3. The summed E-state index contributed by atoms with van der Waals surface area (Å²) in [4.78, 5) is 10.8. The van der Waals surface area contributed by atoms with Gasteiger partial charge >= 0.3 is 24.7 Å². The number of carboxylic acid groups (broad SMARTS) is 1. The van der Waals surface area contributed by atoms with Crippen LogP contribution in [-0.4, -0.2) is 41.4 Å². The van der Waals surface area contributed by atoms with E-state index in [1.54, 1.807) is 0 Å². The summed E-state index contributed by atoms with van der Waals surface area (Å²) >= 11 is 0. The van der Waals surface area contributed by atoms with Gasteiger partial charge in [0.2, 0.25) is 0 Å². The van der Waals surface area contributed by atoms with Gasteiger partial charge < -0.3 is 15.0 Å². The van der Waals surface area contributed by atoms with Crippen molar-refractivity contribution in [3.63, 3.8) is 0 Å². The van der Waals surface area contributed by atoms with Crippen molar-refractivity contribution in [2.75, 3.05) is 0 Å². The molecular weight excluding hydrogens is 456 g/mol. The van der Waals surface area contributed by atoms with Gasteiger partial charge in [-0.2, -0.15) is 52.7 Å². The summed E-state index contributed by atoms with van der Waals surface area (Å²) in [5, 5.41) is 20.1. The average Bonchev–Trinajstić information content (AvgIpc) is 2.50. The highest BCUT2D eigenvalue weighted by Gasteiger charge is 2.77. The summed E-state index contributed by atoms with van der Waals surface area (Å²) in [6.07, 6.45) is -31.5. The maximum atomic E-state index is 13.5. The van der Waals surface area contributed by atoms with Gasteiger partial charge in [0.1, 0.15) is 0 Å². The molecule has 15 heteroatoms. The lowest BCUT2D eigenvalue weighted by molar-refractivity contribution is -0.390. The quantitative estimate of drug-likeness (QED) is 0.499. The van der Waals surface area contributed by atoms with E-state index in [0.29, 0.717) is 0 Å². The standard InChI is InChI=1S/C15H14F12O3/c1-6(9(28)29)10(12(16,17)18,13(19,20)21)7-2-4-8(5-3-7)11(30,14(22,23)24)15(25,26)27/h7-8,30H,1-5H2,(H,28,29)/p-1. The highest BCUT2D eigenvalue weighted by molar-refractivity contribution is 5.86. The van der Waals surface area contributed by atoms with E-state index >= 15 is 0 Å². The summed E-state index contributed by atoms with van der Waals surface area (Å²) in [7, 11) is 0. The van der Waals surface area contributed by atoms with Crippen molar-refractivity contribution in [1.29, 1.82) is 0 Å². The number of alkyl halides is 12. The maximum Gasteiger partial charge on any atom is 0.426 e. The van der Waals surface area contributed by atoms with Crippen molar-refractivity contribution in [3.05, 3.63) is 12.2 Å². The van der Waals surface area contributed by atoms with Gasteiger partial charge in [0, 0.05) is 5.92 Å². The van der Waals surface area contributed by atoms with Crippen LogP contribution < -0.4 is 5.11 Å². The third-order valence-corrected chi connectivity index (χ3v) is 5.41. The van der Waals surface area contributed by atoms with Crippen molar-refractivity contribution in [2.45, 2.75) is 56.0 Å². The predicted octanol–water partition coefficient (Wildman–Crippen LogP) is 4.07. The molecule has 0 unspecified atom stereocenters. The van der Waals surface area contributed by atoms with E-state index in [2.05, 4.69) is 6.58 Å². The number of rotatable bonds is 4. The van der Waals surface area contributed by atoms with Crippen LogP contribution in [0.25, 0.3) is 0 Å². The zero-order valence-electron chi connectivity index (χ0n) is 14.5. The Morgan fingerprint density at radius 3 is 1.23 bits per heavy atom. The molecule has 1 N–H and O–H groups in total. The van der Waals surface area contributed by atoms with Crippen LogP contribution in [0.4, 0.5) is 52.7 Å². The van der Waals surface area contributed by atoms with Crippen LogP contribution in [0.5, 0.6) is 0 Å². The first-order valence-corrected chi connectivity index (χ1v) is 7.96. The Bertz CT molecular complexity index is 634. The molecule has 0 bridgehead atoms. The average molecular weight is 469 g/mol. The molecule has 0 aromatic heterocycles. The van der Waals surface area contributed by atoms with Gasteiger partial charge in [0.25, 0.3) is 5.60 Å². The van der Waals surface area contributed by atoms with E-state index in [1.807, 2.05) is 0 Å². The number of carbonyl (C=O) groups is 1. The van der Waals surface area contributed by atoms with Crippen molar-refractivity contribution in [2.24, 2.45) is 17.3 Å². The number of aliphatic carboxylic acids is 1. The Kier molecular flexibility index (Phi) is 6.57. The van der Waals surface area contributed by atoms with Crippen LogP contribution in [0.3, 0.4) is 0 Å². The minimum atomic E-state index is -6.36. The van der Waals surface area contributed by atoms with Crippen molar-refractivity contribution in [1.82, 2.24) is 0 Å². The molecule has 1 aliphatic rings. The molecule has 1 rings (SSSR count). The molecule has 1 saturated carbocycles. The first-order valence-electron chi connectivity index (χ1n) is 7.96. The van der Waals surface area contributed by atoms with Crippen molar-refractivity contribution < 1.29 is 67.7 Å². The fourth-order valence-corrected chi connectivity index (χ4v) is 3.94. The normalized spacial score (nSPS) is 22.7. The number of hydrogen-bond donors (Lipinski definition) is 1. The lowest BCUT2D eigenvalue weighted by atomic mass is 9.60. The monoisotopic (exact) mass is 469 g/mol. The molecule has 0 aromatic rings. The Morgan fingerprint density at radius 1 is 0.700 bits per heavy atom. The van der Waals surface area contributed by atoms with Crippen LogP contribution in [0, 0.1) is 17.3 Å². The number of carboxylic acids is 1. The minimum Gasteiger partial charge on any atom is -0.545 e. The van der Waals surface area contributed by atoms with Crippen LogP contribution >= 0.6 is 0 Å². The molecule has 0 aromatic carbocycles. The van der Waals surface area contributed by atoms with E-state index < -0.39 is 84.8 Å². The fraction of sp³-hybridized carbons (Fsp3) is 0.800. The summed E-state index contributed by atoms with van der Waals surface area (Å²) in [6, 6.07) is 0. The summed E-state index contributed by atoms with van der Waals surface area (Å²) in [6.45, 7) is 2.27. The Labute approximate surface area is 160 Å². The highest BCUT2D eigenvalue weighted by atomic mass is 19.4. The highest BCUT2D eigenvalue weighted by Crippen LogP contribution is 2.63. The number of halogens is 12. The molecule has 1 aliphatic carbocycles. The zero-order chi connectivity index (χ0) is 24.1. The van der Waals surface area contributed by atoms with E-state index in [4.69, 9.17) is 0 Å². The molecule has 0 amide bonds. The van der Waals surface area contributed by atoms with Crippen LogP contribution in [0.1, 0.15) is 25.7 Å². The van der Waals surface area contributed by atoms with Gasteiger partial charge in [-0.3, -0.25) is 0 Å². The third kappa shape index (κ3) is 3.84. The molecule has 0 atom stereocenters. The molecule has 30 heavy (non-hydrogen) atoms. The van der Waals surface area contributed by atoms with E-state index in [-0.39, 0.29) is 0 Å². The molecule has 0 aliphatic heterocycles. The summed E-state index contributed by atoms with van der Waals surface area (Å²) < 4.78 is 158. The smallest absolute Gasteiger partial charge is 0.426 e. The number of aliphatic hydroxyl groups is 1. The van der Waals surface area contributed by atoms with E-state index in [9.17, 15) is 67.7 Å². The van der Waals surface area contributed by atoms with Gasteiger partial charge in [-0.1, -0.05) is 6.58 Å². The minimum absolute atomic E-state index is 1.55. The topological polar surface area (TPSA) is 60.4 Å². The molecule has 3 nitrogen and oxygen atoms in total. The number of carbonyl (C=O) groups excluding carboxylic acids is 1. The zero-order valence-corrected chi connectivity index (χ0v) is 14.5. The SMILES string of the molecule is C=C(C(=O)[O-])C(C1CCC(C(O)(C(F)(F)F)C(F)(F)F)CC1)(C(F)(F)F)C(F)(F)F. The summed E-state index contributed by atoms with van der Waals surface area (Å²) in [5.41, 5.74) is -13.0. The molecule has 0 spiro atoms. The van der Waals surface area contributed by atoms with Gasteiger partial charge in [0.05, 0.1) is 5.97 Å². The van der Waals surface area contributed by atoms with Gasteiger partial charge in [-0.05, 0) is 37.2 Å². The van der Waals surface area contributed by atoms with Gasteiger partial charge in [0.15, 0.2) is 5.41 Å². The fourth-order valence-electron chi connectivity index (χ4n) is 3.94. The molecule has 0 radical (unpaired) electrons. The summed E-state index contributed by atoms with van der Waals surface area (Å²) in [5.74, 6) is -8.54. The lowest BCUT2D eigenvalue weighted by Gasteiger charge is -2.49. The van der Waals surface area contributed by atoms with Crippen molar-refractivity contribution >= 4 is 5.97 Å². The van der Waals surface area contributed by atoms with Crippen LogP contribution in [-0.2, 0) is 4.79 Å². The molecular formula is C15H13F12O3-. The second kappa shape index (κ2) is 7.48. The largest absolute Gasteiger partial charge is 0.545 e. The van der Waals surface area contributed by atoms with E-state index in [1.165, 1.54) is 0 Å². The molecule has 0 heterocycles. The molecule has 176 valence electrons. The predicted molar refractivity (Wildman–Crippen MR) is 71.2 cm³/mol. The maximum absolute atomic E-state index is 13.5. The Balaban J connectivity index is 3.46. The van der Waals surface area contributed by atoms with Gasteiger partial charge in [-0.25, -0.2) is 0 Å².